The van der Waals surface area contributed by atoms with Gasteiger partial charge < -0.3 is 24.1 Å². The third-order valence-corrected chi connectivity index (χ3v) is 4.86. The van der Waals surface area contributed by atoms with E-state index in [2.05, 4.69) is 5.32 Å². The summed E-state index contributed by atoms with van der Waals surface area (Å²) in [5, 5.41) is 2.87. The zero-order valence-electron chi connectivity index (χ0n) is 17.7. The number of alkyl carbamates (subject to hydrolysis) is 1. The molecule has 0 bridgehead atoms. The number of amides is 1. The summed E-state index contributed by atoms with van der Waals surface area (Å²) in [4.78, 5) is 12.2. The van der Waals surface area contributed by atoms with Gasteiger partial charge in [0.2, 0.25) is 0 Å². The quantitative estimate of drug-likeness (QED) is 0.799. The van der Waals surface area contributed by atoms with Crippen LogP contribution in [0.2, 0.25) is 0 Å². The molecule has 1 amide bonds. The van der Waals surface area contributed by atoms with Gasteiger partial charge >= 0.3 is 13.2 Å². The molecule has 2 rings (SSSR count). The van der Waals surface area contributed by atoms with E-state index in [0.29, 0.717) is 6.61 Å². The first-order chi connectivity index (χ1) is 12.3. The van der Waals surface area contributed by atoms with Crippen LogP contribution in [0.5, 0.6) is 0 Å². The topological polar surface area (TPSA) is 66.0 Å². The fourth-order valence-electron chi connectivity index (χ4n) is 2.74. The predicted molar refractivity (Wildman–Crippen MR) is 106 cm³/mol. The van der Waals surface area contributed by atoms with Gasteiger partial charge in [0.25, 0.3) is 0 Å². The Labute approximate surface area is 163 Å². The Balaban J connectivity index is 2.19. The monoisotopic (exact) mass is 377 g/mol. The van der Waals surface area contributed by atoms with Gasteiger partial charge in [-0.25, -0.2) is 4.79 Å². The highest BCUT2D eigenvalue weighted by molar-refractivity contribution is 6.62. The zero-order valence-corrected chi connectivity index (χ0v) is 17.7. The van der Waals surface area contributed by atoms with Crippen molar-refractivity contribution in [1.29, 1.82) is 0 Å². The molecule has 1 N–H and O–H groups in total. The Hall–Kier alpha value is -1.57. The number of methoxy groups -OCH3 is 1. The minimum atomic E-state index is -0.563. The summed E-state index contributed by atoms with van der Waals surface area (Å²) in [7, 11) is 1.14. The average molecular weight is 377 g/mol. The molecule has 27 heavy (non-hydrogen) atoms. The minimum absolute atomic E-state index is 0.325. The van der Waals surface area contributed by atoms with E-state index in [-0.39, 0.29) is 6.04 Å². The Morgan fingerprint density at radius 1 is 1.19 bits per heavy atom. The van der Waals surface area contributed by atoms with Gasteiger partial charge in [-0.05, 0) is 59.5 Å². The highest BCUT2D eigenvalue weighted by atomic mass is 16.7. The third kappa shape index (κ3) is 5.47. The lowest BCUT2D eigenvalue weighted by atomic mass is 9.78. The van der Waals surface area contributed by atoms with E-state index in [1.807, 2.05) is 72.7 Å². The van der Waals surface area contributed by atoms with Crippen molar-refractivity contribution in [3.05, 3.63) is 29.8 Å². The molecule has 1 aromatic carbocycles. The number of carbonyl (C=O) groups is 1. The molecule has 1 heterocycles. The van der Waals surface area contributed by atoms with E-state index in [0.717, 1.165) is 11.0 Å². The van der Waals surface area contributed by atoms with Gasteiger partial charge in [0, 0.05) is 7.11 Å². The second-order valence-corrected chi connectivity index (χ2v) is 8.91. The fraction of sp³-hybridized carbons (Fsp3) is 0.650. The van der Waals surface area contributed by atoms with Gasteiger partial charge in [-0.15, -0.1) is 0 Å². The predicted octanol–water partition coefficient (Wildman–Crippen LogP) is 3.20. The summed E-state index contributed by atoms with van der Waals surface area (Å²) in [5.74, 6) is 0. The van der Waals surface area contributed by atoms with Crippen LogP contribution in [-0.4, -0.2) is 43.7 Å². The van der Waals surface area contributed by atoms with E-state index in [9.17, 15) is 4.79 Å². The van der Waals surface area contributed by atoms with Crippen LogP contribution in [0.4, 0.5) is 4.79 Å². The molecule has 1 aliphatic rings. The van der Waals surface area contributed by atoms with Crippen LogP contribution in [0, 0.1) is 0 Å². The molecule has 1 saturated heterocycles. The maximum atomic E-state index is 12.2. The summed E-state index contributed by atoms with van der Waals surface area (Å²) in [5.41, 5.74) is 0.419. The normalized spacial score (nSPS) is 19.6. The molecule has 1 aromatic rings. The Morgan fingerprint density at radius 2 is 1.78 bits per heavy atom. The van der Waals surface area contributed by atoms with Crippen molar-refractivity contribution in [1.82, 2.24) is 5.32 Å². The molecule has 1 unspecified atom stereocenters. The SMILES string of the molecule is COCC(NC(=O)OC(C)(C)C)c1cccc(B2OC(C)(C)C(C)(C)O2)c1. The van der Waals surface area contributed by atoms with Crippen molar-refractivity contribution in [3.8, 4) is 0 Å². The molecular weight excluding hydrogens is 345 g/mol. The Bertz CT molecular complexity index is 653. The Morgan fingerprint density at radius 3 is 2.30 bits per heavy atom. The average Bonchev–Trinajstić information content (AvgIpc) is 2.73. The van der Waals surface area contributed by atoms with E-state index in [1.165, 1.54) is 0 Å². The lowest BCUT2D eigenvalue weighted by Crippen LogP contribution is -2.41. The second-order valence-electron chi connectivity index (χ2n) is 8.91. The number of hydrogen-bond acceptors (Lipinski definition) is 5. The maximum absolute atomic E-state index is 12.2. The first-order valence-corrected chi connectivity index (χ1v) is 9.28. The lowest BCUT2D eigenvalue weighted by molar-refractivity contribution is 0.00578. The molecule has 0 aliphatic carbocycles. The highest BCUT2D eigenvalue weighted by Crippen LogP contribution is 2.36. The van der Waals surface area contributed by atoms with Gasteiger partial charge in [-0.1, -0.05) is 24.3 Å². The van der Waals surface area contributed by atoms with Crippen molar-refractivity contribution in [3.63, 3.8) is 0 Å². The largest absolute Gasteiger partial charge is 0.494 e. The molecule has 0 spiro atoms. The van der Waals surface area contributed by atoms with Crippen molar-refractivity contribution in [2.24, 2.45) is 0 Å². The standard InChI is InChI=1S/C20H32BNO5/c1-18(2,3)25-17(23)22-16(13-24-8)14-10-9-11-15(12-14)21-26-19(4,5)20(6,7)27-21/h9-12,16H,13H2,1-8H3,(H,22,23). The minimum Gasteiger partial charge on any atom is -0.444 e. The summed E-state index contributed by atoms with van der Waals surface area (Å²) < 4.78 is 22.9. The fourth-order valence-corrected chi connectivity index (χ4v) is 2.74. The van der Waals surface area contributed by atoms with Crippen molar-refractivity contribution < 1.29 is 23.6 Å². The summed E-state index contributed by atoms with van der Waals surface area (Å²) in [6.45, 7) is 13.9. The van der Waals surface area contributed by atoms with Crippen LogP contribution >= 0.6 is 0 Å². The first-order valence-electron chi connectivity index (χ1n) is 9.28. The summed E-state index contributed by atoms with van der Waals surface area (Å²) in [6, 6.07) is 7.46. The number of carbonyl (C=O) groups excluding carboxylic acids is 1. The Kier molecular flexibility index (Phi) is 6.29. The number of rotatable bonds is 5. The molecule has 150 valence electrons. The van der Waals surface area contributed by atoms with Crippen LogP contribution in [-0.2, 0) is 18.8 Å². The van der Waals surface area contributed by atoms with E-state index in [1.54, 1.807) is 7.11 Å². The molecule has 6 nitrogen and oxygen atoms in total. The van der Waals surface area contributed by atoms with Gasteiger partial charge in [-0.3, -0.25) is 0 Å². The highest BCUT2D eigenvalue weighted by Gasteiger charge is 2.51. The van der Waals surface area contributed by atoms with E-state index >= 15 is 0 Å². The number of nitrogens with one attached hydrogen (secondary N) is 1. The van der Waals surface area contributed by atoms with Crippen LogP contribution in [0.15, 0.2) is 24.3 Å². The molecule has 1 aliphatic heterocycles. The van der Waals surface area contributed by atoms with Gasteiger partial charge in [-0.2, -0.15) is 0 Å². The summed E-state index contributed by atoms with van der Waals surface area (Å²) in [6.07, 6.45) is -0.481. The van der Waals surface area contributed by atoms with Crippen LogP contribution in [0.3, 0.4) is 0 Å². The molecule has 7 heteroatoms. The van der Waals surface area contributed by atoms with Crippen molar-refractivity contribution >= 4 is 18.7 Å². The van der Waals surface area contributed by atoms with Crippen molar-refractivity contribution in [2.75, 3.05) is 13.7 Å². The zero-order chi connectivity index (χ0) is 20.5. The number of hydrogen-bond donors (Lipinski definition) is 1. The van der Waals surface area contributed by atoms with Crippen LogP contribution in [0.25, 0.3) is 0 Å². The molecular formula is C20H32BNO5. The second kappa shape index (κ2) is 7.82. The van der Waals surface area contributed by atoms with Gasteiger partial charge in [0.05, 0.1) is 23.9 Å². The number of ether oxygens (including phenoxy) is 2. The first kappa shape index (κ1) is 21.7. The summed E-state index contributed by atoms with van der Waals surface area (Å²) >= 11 is 0. The molecule has 0 saturated carbocycles. The lowest BCUT2D eigenvalue weighted by Gasteiger charge is -2.32. The van der Waals surface area contributed by atoms with Crippen molar-refractivity contribution in [2.45, 2.75) is 71.3 Å². The molecule has 0 radical (unpaired) electrons. The smallest absolute Gasteiger partial charge is 0.444 e. The molecule has 1 atom stereocenters. The molecule has 1 fully saturated rings. The molecule has 0 aromatic heterocycles. The van der Waals surface area contributed by atoms with E-state index in [4.69, 9.17) is 18.8 Å². The van der Waals surface area contributed by atoms with Gasteiger partial charge in [0.15, 0.2) is 0 Å². The maximum Gasteiger partial charge on any atom is 0.494 e. The third-order valence-electron chi connectivity index (χ3n) is 4.86. The van der Waals surface area contributed by atoms with Crippen LogP contribution in [0.1, 0.15) is 60.1 Å². The van der Waals surface area contributed by atoms with Crippen LogP contribution < -0.4 is 10.8 Å². The number of benzene rings is 1. The van der Waals surface area contributed by atoms with E-state index < -0.39 is 30.0 Å². The van der Waals surface area contributed by atoms with Gasteiger partial charge in [0.1, 0.15) is 5.60 Å².